The Balaban J connectivity index is 1.57. The fourth-order valence-electron chi connectivity index (χ4n) is 4.62. The zero-order valence-corrected chi connectivity index (χ0v) is 22.0. The van der Waals surface area contributed by atoms with E-state index in [-0.39, 0.29) is 16.6 Å². The van der Waals surface area contributed by atoms with Crippen LogP contribution in [0, 0.1) is 11.8 Å². The molecule has 1 N–H and O–H groups in total. The molecule has 38 heavy (non-hydrogen) atoms. The highest BCUT2D eigenvalue weighted by atomic mass is 32.2. The molecule has 6 nitrogen and oxygen atoms in total. The van der Waals surface area contributed by atoms with E-state index >= 15 is 0 Å². The molecule has 0 atom stereocenters. The molecule has 4 rings (SSSR count). The molecule has 0 amide bonds. The van der Waals surface area contributed by atoms with Crippen molar-refractivity contribution < 1.29 is 30.4 Å². The van der Waals surface area contributed by atoms with Gasteiger partial charge in [0.1, 0.15) is 12.3 Å². The summed E-state index contributed by atoms with van der Waals surface area (Å²) >= 11 is 0. The lowest BCUT2D eigenvalue weighted by molar-refractivity contribution is -0.140. The fraction of sp³-hybridized carbons (Fsp3) is 0.429. The normalized spacial score (nSPS) is 16.8. The van der Waals surface area contributed by atoms with Crippen molar-refractivity contribution in [3.8, 4) is 17.6 Å². The maximum absolute atomic E-state index is 13.6. The number of piperidine rings is 1. The van der Waals surface area contributed by atoms with Crippen molar-refractivity contribution in [3.63, 3.8) is 0 Å². The van der Waals surface area contributed by atoms with Crippen LogP contribution in [0.1, 0.15) is 34.6 Å². The molecule has 0 unspecified atom stereocenters. The van der Waals surface area contributed by atoms with Crippen LogP contribution in [-0.2, 0) is 22.8 Å². The predicted octanol–water partition coefficient (Wildman–Crippen LogP) is 5.11. The number of ether oxygens (including phenoxy) is 1. The van der Waals surface area contributed by atoms with Crippen molar-refractivity contribution in [2.24, 2.45) is 0 Å². The van der Waals surface area contributed by atoms with E-state index < -0.39 is 29.5 Å². The molecule has 1 aromatic heterocycles. The van der Waals surface area contributed by atoms with Gasteiger partial charge in [-0.25, -0.2) is 8.42 Å². The van der Waals surface area contributed by atoms with Gasteiger partial charge in [-0.1, -0.05) is 18.1 Å². The highest BCUT2D eigenvalue weighted by Gasteiger charge is 2.30. The smallest absolute Gasteiger partial charge is 0.406 e. The van der Waals surface area contributed by atoms with Crippen molar-refractivity contribution >= 4 is 26.4 Å². The molecule has 3 aromatic rings. The second kappa shape index (κ2) is 11.3. The largest absolute Gasteiger partial charge is 0.496 e. The van der Waals surface area contributed by atoms with Crippen LogP contribution in [0.5, 0.6) is 5.75 Å². The number of nitrogens with zero attached hydrogens (tertiary/aromatic N) is 2. The maximum atomic E-state index is 13.6. The van der Waals surface area contributed by atoms with E-state index in [1.54, 1.807) is 30.3 Å². The van der Waals surface area contributed by atoms with E-state index in [1.807, 2.05) is 0 Å². The van der Waals surface area contributed by atoms with Gasteiger partial charge < -0.3 is 19.5 Å². The van der Waals surface area contributed by atoms with Gasteiger partial charge in [0.15, 0.2) is 9.84 Å². The highest BCUT2D eigenvalue weighted by molar-refractivity contribution is 7.90. The predicted molar refractivity (Wildman–Crippen MR) is 143 cm³/mol. The first-order valence-corrected chi connectivity index (χ1v) is 14.1. The van der Waals surface area contributed by atoms with Gasteiger partial charge in [-0.05, 0) is 81.1 Å². The Bertz CT molecular complexity index is 1570. The second-order valence-electron chi connectivity index (χ2n) is 9.42. The number of alkyl halides is 3. The molecule has 1 saturated heterocycles. The molecule has 1 aliphatic rings. The summed E-state index contributed by atoms with van der Waals surface area (Å²) in [5.41, 5.74) is 2.04. The summed E-state index contributed by atoms with van der Waals surface area (Å²) in [6.07, 6.45) is -1.42. The third-order valence-electron chi connectivity index (χ3n) is 6.56. The SMILES string of the molecule is [2H]C([2H])([2H])N1CCC(Nc2cccc3c2cc(C#CCCc2ccc(S(C)(=O)=O)cc2OC)n3CC(F)(F)F)CC1. The number of fused-ring (bicyclic) bond motifs is 1. The molecular formula is C28H32F3N3O3S. The van der Waals surface area contributed by atoms with Crippen LogP contribution in [-0.4, -0.2) is 63.5 Å². The van der Waals surface area contributed by atoms with E-state index in [1.165, 1.54) is 24.1 Å². The van der Waals surface area contributed by atoms with Crippen LogP contribution in [0.15, 0.2) is 47.4 Å². The van der Waals surface area contributed by atoms with Gasteiger partial charge in [-0.3, -0.25) is 0 Å². The van der Waals surface area contributed by atoms with Gasteiger partial charge in [-0.2, -0.15) is 13.2 Å². The van der Waals surface area contributed by atoms with Gasteiger partial charge >= 0.3 is 6.18 Å². The Labute approximate surface area is 225 Å². The van der Waals surface area contributed by atoms with Crippen LogP contribution < -0.4 is 10.1 Å². The quantitative estimate of drug-likeness (QED) is 0.415. The number of aryl methyl sites for hydroxylation is 1. The number of rotatable bonds is 7. The third kappa shape index (κ3) is 6.83. The number of anilines is 1. The number of aromatic nitrogens is 1. The molecule has 0 saturated carbocycles. The minimum Gasteiger partial charge on any atom is -0.496 e. The first-order chi connectivity index (χ1) is 19.2. The summed E-state index contributed by atoms with van der Waals surface area (Å²) < 4.78 is 93.6. The van der Waals surface area contributed by atoms with E-state index in [9.17, 15) is 21.6 Å². The van der Waals surface area contributed by atoms with Crippen LogP contribution in [0.25, 0.3) is 10.9 Å². The topological polar surface area (TPSA) is 63.6 Å². The summed E-state index contributed by atoms with van der Waals surface area (Å²) in [5.74, 6) is 6.27. The van der Waals surface area contributed by atoms with Crippen molar-refractivity contribution in [1.29, 1.82) is 0 Å². The molecular weight excluding hydrogens is 515 g/mol. The number of benzene rings is 2. The first kappa shape index (κ1) is 23.9. The maximum Gasteiger partial charge on any atom is 0.406 e. The zero-order valence-electron chi connectivity index (χ0n) is 24.2. The molecule has 0 spiro atoms. The second-order valence-corrected chi connectivity index (χ2v) is 11.4. The third-order valence-corrected chi connectivity index (χ3v) is 7.67. The van der Waals surface area contributed by atoms with Gasteiger partial charge in [0.2, 0.25) is 0 Å². The number of halogens is 3. The molecule has 10 heteroatoms. The Hall–Kier alpha value is -3.16. The molecule has 2 aromatic carbocycles. The number of methoxy groups -OCH3 is 1. The van der Waals surface area contributed by atoms with Gasteiger partial charge in [0.05, 0.1) is 23.2 Å². The Morgan fingerprint density at radius 2 is 1.95 bits per heavy atom. The average molecular weight is 551 g/mol. The summed E-state index contributed by atoms with van der Waals surface area (Å²) in [4.78, 5) is 1.59. The summed E-state index contributed by atoms with van der Waals surface area (Å²) in [5, 5.41) is 4.01. The molecule has 0 bridgehead atoms. The minimum atomic E-state index is -4.46. The van der Waals surface area contributed by atoms with Crippen LogP contribution in [0.3, 0.4) is 0 Å². The molecule has 1 aliphatic heterocycles. The number of likely N-dealkylation sites (tertiary alicyclic amines) is 1. The van der Waals surface area contributed by atoms with E-state index in [0.29, 0.717) is 61.1 Å². The van der Waals surface area contributed by atoms with E-state index in [0.717, 1.165) is 16.4 Å². The summed E-state index contributed by atoms with van der Waals surface area (Å²) in [6.45, 7) is -2.53. The Kier molecular flexibility index (Phi) is 7.11. The van der Waals surface area contributed by atoms with Crippen LogP contribution in [0.4, 0.5) is 18.9 Å². The van der Waals surface area contributed by atoms with Crippen LogP contribution >= 0.6 is 0 Å². The van der Waals surface area contributed by atoms with Gasteiger partial charge in [-0.15, -0.1) is 0 Å². The monoisotopic (exact) mass is 550 g/mol. The zero-order chi connectivity index (χ0) is 30.0. The number of sulfone groups is 1. The van der Waals surface area contributed by atoms with Crippen molar-refractivity contribution in [2.75, 3.05) is 38.7 Å². The molecule has 0 radical (unpaired) electrons. The average Bonchev–Trinajstić information content (AvgIpc) is 3.22. The van der Waals surface area contributed by atoms with Gasteiger partial charge in [0, 0.05) is 33.9 Å². The van der Waals surface area contributed by atoms with Crippen molar-refractivity contribution in [1.82, 2.24) is 9.47 Å². The number of nitrogens with one attached hydrogen (secondary N) is 1. The van der Waals surface area contributed by atoms with Crippen molar-refractivity contribution in [3.05, 3.63) is 53.7 Å². The highest BCUT2D eigenvalue weighted by Crippen LogP contribution is 2.31. The standard InChI is InChI=1S/C28H32F3N3O3S/c1-33-15-13-21(14-16-33)32-25-9-6-10-26-24(25)17-22(34(26)19-28(29,30)31)8-5-4-7-20-11-12-23(38(3,35)36)18-27(20)37-2/h6,9-12,17-18,21,32H,4,7,13-16,19H2,1-3H3/i1D3. The molecule has 1 fully saturated rings. The molecule has 2 heterocycles. The van der Waals surface area contributed by atoms with Crippen LogP contribution in [0.2, 0.25) is 0 Å². The lowest BCUT2D eigenvalue weighted by Crippen LogP contribution is -2.36. The fourth-order valence-corrected chi connectivity index (χ4v) is 5.26. The molecule has 204 valence electrons. The Morgan fingerprint density at radius 1 is 1.18 bits per heavy atom. The minimum absolute atomic E-state index is 0.0104. The number of hydrogen-bond donors (Lipinski definition) is 1. The summed E-state index contributed by atoms with van der Waals surface area (Å²) in [7, 11) is -1.96. The number of hydrogen-bond acceptors (Lipinski definition) is 5. The van der Waals surface area contributed by atoms with Crippen molar-refractivity contribution in [2.45, 2.75) is 49.3 Å². The van der Waals surface area contributed by atoms with E-state index in [2.05, 4.69) is 17.2 Å². The summed E-state index contributed by atoms with van der Waals surface area (Å²) in [6, 6.07) is 11.4. The van der Waals surface area contributed by atoms with E-state index in [4.69, 9.17) is 8.85 Å². The Morgan fingerprint density at radius 3 is 2.61 bits per heavy atom. The lowest BCUT2D eigenvalue weighted by atomic mass is 10.0. The first-order valence-electron chi connectivity index (χ1n) is 13.7. The molecule has 0 aliphatic carbocycles. The lowest BCUT2D eigenvalue weighted by Gasteiger charge is -2.30. The van der Waals surface area contributed by atoms with Gasteiger partial charge in [0.25, 0.3) is 0 Å².